The van der Waals surface area contributed by atoms with Crippen LogP contribution in [-0.4, -0.2) is 32.8 Å². The number of nitrogens with one attached hydrogen (secondary N) is 1. The molecule has 0 aliphatic heterocycles. The van der Waals surface area contributed by atoms with Gasteiger partial charge in [0.1, 0.15) is 5.69 Å². The van der Waals surface area contributed by atoms with Gasteiger partial charge in [-0.1, -0.05) is 42.5 Å². The summed E-state index contributed by atoms with van der Waals surface area (Å²) in [6.07, 6.45) is 3.26. The highest BCUT2D eigenvalue weighted by atomic mass is 32.1. The fourth-order valence-electron chi connectivity index (χ4n) is 3.42. The smallest absolute Gasteiger partial charge is 0.340 e. The molecule has 0 atom stereocenters. The second-order valence-corrected chi connectivity index (χ2v) is 8.14. The average molecular weight is 483 g/mol. The number of hydrogen-bond acceptors (Lipinski definition) is 8. The third-order valence-electron chi connectivity index (χ3n) is 5.14. The molecule has 5 rings (SSSR count). The van der Waals surface area contributed by atoms with Gasteiger partial charge in [-0.05, 0) is 24.3 Å². The lowest BCUT2D eigenvalue weighted by molar-refractivity contribution is 0.0601. The van der Waals surface area contributed by atoms with Crippen molar-refractivity contribution in [1.82, 2.24) is 19.7 Å². The number of nitrogens with zero attached hydrogens (tertiary/aromatic N) is 5. The molecule has 3 heterocycles. The number of rotatable bonds is 6. The van der Waals surface area contributed by atoms with E-state index in [1.165, 1.54) is 23.1 Å². The number of carbonyl (C=O) groups excluding carboxylic acids is 1. The monoisotopic (exact) mass is 482 g/mol. The van der Waals surface area contributed by atoms with Crippen LogP contribution < -0.4 is 5.56 Å². The predicted molar refractivity (Wildman–Crippen MR) is 133 cm³/mol. The summed E-state index contributed by atoms with van der Waals surface area (Å²) in [6, 6.07) is 19.9. The van der Waals surface area contributed by atoms with Crippen LogP contribution in [0.3, 0.4) is 0 Å². The van der Waals surface area contributed by atoms with E-state index in [4.69, 9.17) is 4.74 Å². The minimum absolute atomic E-state index is 0.0640. The molecular formula is C25H18N6O3S. The Morgan fingerprint density at radius 3 is 2.54 bits per heavy atom. The molecule has 0 aliphatic carbocycles. The van der Waals surface area contributed by atoms with Crippen LogP contribution in [0, 0.1) is 0 Å². The SMILES string of the molecule is COC(=O)c1ccccc1N=Nc1c(-c2cccnc2)[nH]n(-c2nc(-c3ccccc3)cs2)c1=O. The van der Waals surface area contributed by atoms with Crippen LogP contribution in [0.4, 0.5) is 11.4 Å². The number of azo groups is 1. The Balaban J connectivity index is 1.61. The molecule has 2 aromatic carbocycles. The second-order valence-electron chi connectivity index (χ2n) is 7.31. The van der Waals surface area contributed by atoms with Crippen LogP contribution in [0.5, 0.6) is 0 Å². The van der Waals surface area contributed by atoms with E-state index in [0.717, 1.165) is 11.3 Å². The number of esters is 1. The molecule has 0 radical (unpaired) electrons. The summed E-state index contributed by atoms with van der Waals surface area (Å²) in [5.41, 5.74) is 2.93. The standard InChI is InChI=1S/C25H18N6O3S/c1-34-24(33)18-11-5-6-12-19(18)28-29-22-21(17-10-7-13-26-14-17)30-31(23(22)32)25-27-20(15-35-25)16-8-3-2-4-9-16/h2-15,30H,1H3. The van der Waals surface area contributed by atoms with Crippen molar-refractivity contribution in [3.05, 3.63) is 100 Å². The molecule has 1 N–H and O–H groups in total. The van der Waals surface area contributed by atoms with E-state index in [0.29, 0.717) is 16.4 Å². The number of benzene rings is 2. The molecule has 0 bridgehead atoms. The number of aromatic nitrogens is 4. The number of methoxy groups -OCH3 is 1. The molecule has 172 valence electrons. The summed E-state index contributed by atoms with van der Waals surface area (Å²) in [4.78, 5) is 34.3. The van der Waals surface area contributed by atoms with E-state index in [9.17, 15) is 9.59 Å². The van der Waals surface area contributed by atoms with E-state index in [-0.39, 0.29) is 16.9 Å². The first-order valence-electron chi connectivity index (χ1n) is 10.5. The maximum atomic E-state index is 13.4. The van der Waals surface area contributed by atoms with Gasteiger partial charge in [0.2, 0.25) is 5.13 Å². The minimum atomic E-state index is -0.547. The van der Waals surface area contributed by atoms with Crippen molar-refractivity contribution < 1.29 is 9.53 Å². The minimum Gasteiger partial charge on any atom is -0.465 e. The number of carbonyl (C=O) groups is 1. The van der Waals surface area contributed by atoms with Gasteiger partial charge < -0.3 is 4.74 Å². The molecule has 3 aromatic heterocycles. The lowest BCUT2D eigenvalue weighted by atomic mass is 10.2. The highest BCUT2D eigenvalue weighted by Crippen LogP contribution is 2.30. The average Bonchev–Trinajstić information content (AvgIpc) is 3.53. The van der Waals surface area contributed by atoms with Crippen LogP contribution in [-0.2, 0) is 4.74 Å². The molecule has 0 saturated heterocycles. The van der Waals surface area contributed by atoms with Crippen LogP contribution in [0.2, 0.25) is 0 Å². The van der Waals surface area contributed by atoms with Crippen molar-refractivity contribution in [3.8, 4) is 27.6 Å². The number of hydrogen-bond donors (Lipinski definition) is 1. The Hall–Kier alpha value is -4.70. The van der Waals surface area contributed by atoms with Crippen LogP contribution in [0.15, 0.2) is 99.5 Å². The summed E-state index contributed by atoms with van der Waals surface area (Å²) in [6.45, 7) is 0. The van der Waals surface area contributed by atoms with Gasteiger partial charge in [-0.2, -0.15) is 4.68 Å². The van der Waals surface area contributed by atoms with E-state index < -0.39 is 11.5 Å². The molecule has 0 saturated carbocycles. The topological polar surface area (TPSA) is 115 Å². The van der Waals surface area contributed by atoms with E-state index in [1.54, 1.807) is 48.8 Å². The van der Waals surface area contributed by atoms with Crippen LogP contribution in [0.25, 0.3) is 27.6 Å². The van der Waals surface area contributed by atoms with Crippen LogP contribution >= 0.6 is 11.3 Å². The van der Waals surface area contributed by atoms with Crippen molar-refractivity contribution >= 4 is 28.7 Å². The number of H-pyrrole nitrogens is 1. The lowest BCUT2D eigenvalue weighted by Crippen LogP contribution is -2.13. The highest BCUT2D eigenvalue weighted by Gasteiger charge is 2.20. The Morgan fingerprint density at radius 2 is 1.77 bits per heavy atom. The van der Waals surface area contributed by atoms with E-state index in [2.05, 4.69) is 25.3 Å². The largest absolute Gasteiger partial charge is 0.465 e. The fourth-order valence-corrected chi connectivity index (χ4v) is 4.21. The maximum absolute atomic E-state index is 13.4. The number of pyridine rings is 1. The Kier molecular flexibility index (Phi) is 6.10. The Labute approximate surface area is 203 Å². The van der Waals surface area contributed by atoms with Crippen LogP contribution in [0.1, 0.15) is 10.4 Å². The molecule has 0 amide bonds. The summed E-state index contributed by atoms with van der Waals surface area (Å²) < 4.78 is 6.15. The van der Waals surface area contributed by atoms with Crippen molar-refractivity contribution in [2.45, 2.75) is 0 Å². The highest BCUT2D eigenvalue weighted by molar-refractivity contribution is 7.12. The van der Waals surface area contributed by atoms with Gasteiger partial charge in [-0.25, -0.2) is 9.78 Å². The normalized spacial score (nSPS) is 11.1. The summed E-state index contributed by atoms with van der Waals surface area (Å²) in [5.74, 6) is -0.547. The third-order valence-corrected chi connectivity index (χ3v) is 5.96. The van der Waals surface area contributed by atoms with Crippen molar-refractivity contribution in [1.29, 1.82) is 0 Å². The first-order chi connectivity index (χ1) is 17.2. The van der Waals surface area contributed by atoms with Gasteiger partial charge in [0.15, 0.2) is 5.69 Å². The molecule has 35 heavy (non-hydrogen) atoms. The Bertz CT molecular complexity index is 1570. The van der Waals surface area contributed by atoms with Crippen molar-refractivity contribution in [3.63, 3.8) is 0 Å². The first-order valence-corrected chi connectivity index (χ1v) is 11.4. The number of aromatic amines is 1. The van der Waals surface area contributed by atoms with Crippen molar-refractivity contribution in [2.75, 3.05) is 7.11 Å². The van der Waals surface area contributed by atoms with E-state index in [1.807, 2.05) is 35.7 Å². The molecule has 0 aliphatic rings. The zero-order chi connectivity index (χ0) is 24.2. The Morgan fingerprint density at radius 1 is 1.00 bits per heavy atom. The van der Waals surface area contributed by atoms with Gasteiger partial charge in [-0.15, -0.1) is 21.6 Å². The molecule has 0 fully saturated rings. The van der Waals surface area contributed by atoms with Gasteiger partial charge in [-0.3, -0.25) is 14.9 Å². The van der Waals surface area contributed by atoms with Gasteiger partial charge in [0.05, 0.1) is 24.1 Å². The summed E-state index contributed by atoms with van der Waals surface area (Å²) >= 11 is 1.32. The number of thiazole rings is 1. The summed E-state index contributed by atoms with van der Waals surface area (Å²) in [7, 11) is 1.29. The first kappa shape index (κ1) is 22.1. The van der Waals surface area contributed by atoms with Gasteiger partial charge >= 0.3 is 11.5 Å². The second kappa shape index (κ2) is 9.65. The molecular weight excluding hydrogens is 464 g/mol. The summed E-state index contributed by atoms with van der Waals surface area (Å²) in [5, 5.41) is 13.9. The van der Waals surface area contributed by atoms with Gasteiger partial charge in [0, 0.05) is 28.9 Å². The predicted octanol–water partition coefficient (Wildman–Crippen LogP) is 5.55. The molecule has 9 nitrogen and oxygen atoms in total. The fraction of sp³-hybridized carbons (Fsp3) is 0.0400. The zero-order valence-corrected chi connectivity index (χ0v) is 19.3. The van der Waals surface area contributed by atoms with E-state index >= 15 is 0 Å². The third kappa shape index (κ3) is 4.42. The maximum Gasteiger partial charge on any atom is 0.340 e. The lowest BCUT2D eigenvalue weighted by Gasteiger charge is -2.02. The molecule has 0 spiro atoms. The quantitative estimate of drug-likeness (QED) is 0.252. The molecule has 10 heteroatoms. The molecule has 5 aromatic rings. The molecule has 0 unspecified atom stereocenters. The number of ether oxygens (including phenoxy) is 1. The van der Waals surface area contributed by atoms with Crippen molar-refractivity contribution in [2.24, 2.45) is 10.2 Å². The van der Waals surface area contributed by atoms with Gasteiger partial charge in [0.25, 0.3) is 0 Å². The zero-order valence-electron chi connectivity index (χ0n) is 18.5.